The smallest absolute Gasteiger partial charge is 0.0940 e. The van der Waals surface area contributed by atoms with Gasteiger partial charge < -0.3 is 10.4 Å². The molecule has 0 aromatic heterocycles. The van der Waals surface area contributed by atoms with Crippen LogP contribution in [0.3, 0.4) is 0 Å². The summed E-state index contributed by atoms with van der Waals surface area (Å²) in [6.07, 6.45) is 6.62. The van der Waals surface area contributed by atoms with Gasteiger partial charge in [-0.1, -0.05) is 49.6 Å². The molecule has 2 atom stereocenters. The van der Waals surface area contributed by atoms with Crippen LogP contribution in [0.2, 0.25) is 0 Å². The third-order valence-corrected chi connectivity index (χ3v) is 5.47. The molecule has 2 nitrogen and oxygen atoms in total. The Hall–Kier alpha value is -0.510. The van der Waals surface area contributed by atoms with Crippen LogP contribution in [0, 0.1) is 0 Å². The average Bonchev–Trinajstić information content (AvgIpc) is 2.52. The molecule has 0 radical (unpaired) electrons. The normalized spacial score (nSPS) is 19.7. The second kappa shape index (κ2) is 8.71. The highest BCUT2D eigenvalue weighted by molar-refractivity contribution is 7.99. The van der Waals surface area contributed by atoms with Gasteiger partial charge in [0.15, 0.2) is 0 Å². The summed E-state index contributed by atoms with van der Waals surface area (Å²) in [5.74, 6) is 1.15. The number of benzene rings is 1. The van der Waals surface area contributed by atoms with Crippen LogP contribution in [-0.2, 0) is 0 Å². The number of rotatable bonds is 7. The Kier molecular flexibility index (Phi) is 6.91. The summed E-state index contributed by atoms with van der Waals surface area (Å²) in [7, 11) is 0. The van der Waals surface area contributed by atoms with E-state index in [-0.39, 0.29) is 6.04 Å². The molecule has 0 heterocycles. The lowest BCUT2D eigenvalue weighted by Gasteiger charge is -2.23. The van der Waals surface area contributed by atoms with Gasteiger partial charge in [-0.3, -0.25) is 0 Å². The fourth-order valence-corrected chi connectivity index (χ4v) is 4.03. The summed E-state index contributed by atoms with van der Waals surface area (Å²) < 4.78 is 0. The first-order valence-electron chi connectivity index (χ1n) is 7.85. The number of hydrogen-bond donors (Lipinski definition) is 2. The molecule has 0 aliphatic heterocycles. The van der Waals surface area contributed by atoms with Crippen LogP contribution in [0.15, 0.2) is 30.3 Å². The Morgan fingerprint density at radius 3 is 2.60 bits per heavy atom. The predicted octanol–water partition coefficient (Wildman–Crippen LogP) is 3.76. The molecule has 1 saturated carbocycles. The topological polar surface area (TPSA) is 32.3 Å². The van der Waals surface area contributed by atoms with Gasteiger partial charge in [0.25, 0.3) is 0 Å². The van der Waals surface area contributed by atoms with E-state index < -0.39 is 6.10 Å². The predicted molar refractivity (Wildman–Crippen MR) is 88.2 cm³/mol. The zero-order valence-corrected chi connectivity index (χ0v) is 13.2. The zero-order valence-electron chi connectivity index (χ0n) is 12.4. The Bertz CT molecular complexity index is 365. The van der Waals surface area contributed by atoms with Crippen LogP contribution in [-0.4, -0.2) is 28.7 Å². The molecule has 3 heteroatoms. The molecule has 0 bridgehead atoms. The molecule has 0 amide bonds. The maximum atomic E-state index is 10.3. The second-order valence-electron chi connectivity index (χ2n) is 5.73. The number of aliphatic hydroxyl groups is 1. The highest BCUT2D eigenvalue weighted by atomic mass is 32.2. The maximum Gasteiger partial charge on any atom is 0.0940 e. The standard InChI is InChI=1S/C17H27NOS/c1-14(17(19)15-8-4-2-5-9-15)18-12-13-20-16-10-6-3-7-11-16/h2,4-5,8-9,14,16-19H,3,6-7,10-13H2,1H3. The summed E-state index contributed by atoms with van der Waals surface area (Å²) in [6.45, 7) is 3.04. The average molecular weight is 293 g/mol. The highest BCUT2D eigenvalue weighted by Crippen LogP contribution is 2.27. The Morgan fingerprint density at radius 2 is 1.90 bits per heavy atom. The summed E-state index contributed by atoms with van der Waals surface area (Å²) in [5.41, 5.74) is 0.993. The molecule has 2 unspecified atom stereocenters. The van der Waals surface area contributed by atoms with Crippen LogP contribution in [0.25, 0.3) is 0 Å². The van der Waals surface area contributed by atoms with Gasteiger partial charge in [0.05, 0.1) is 6.10 Å². The van der Waals surface area contributed by atoms with Gasteiger partial charge in [-0.05, 0) is 25.3 Å². The Balaban J connectivity index is 1.63. The minimum Gasteiger partial charge on any atom is -0.387 e. The SMILES string of the molecule is CC(NCCSC1CCCCC1)C(O)c1ccccc1. The van der Waals surface area contributed by atoms with Crippen molar-refractivity contribution in [3.8, 4) is 0 Å². The minimum atomic E-state index is -0.420. The first-order chi connectivity index (χ1) is 9.77. The van der Waals surface area contributed by atoms with Crippen molar-refractivity contribution >= 4 is 11.8 Å². The first kappa shape index (κ1) is 15.9. The third kappa shape index (κ3) is 5.12. The molecular formula is C17H27NOS. The molecule has 0 saturated heterocycles. The van der Waals surface area contributed by atoms with Gasteiger partial charge in [0.2, 0.25) is 0 Å². The molecule has 2 N–H and O–H groups in total. The van der Waals surface area contributed by atoms with Gasteiger partial charge >= 0.3 is 0 Å². The number of hydrogen-bond acceptors (Lipinski definition) is 3. The van der Waals surface area contributed by atoms with Crippen LogP contribution in [0.4, 0.5) is 0 Å². The number of aliphatic hydroxyl groups excluding tert-OH is 1. The zero-order chi connectivity index (χ0) is 14.2. The van der Waals surface area contributed by atoms with E-state index in [0.29, 0.717) is 0 Å². The molecule has 20 heavy (non-hydrogen) atoms. The van der Waals surface area contributed by atoms with Crippen molar-refractivity contribution in [3.05, 3.63) is 35.9 Å². The van der Waals surface area contributed by atoms with Crippen molar-refractivity contribution < 1.29 is 5.11 Å². The summed E-state index contributed by atoms with van der Waals surface area (Å²) in [6, 6.07) is 10.0. The van der Waals surface area contributed by atoms with Crippen molar-refractivity contribution in [2.45, 2.75) is 56.4 Å². The number of thioether (sulfide) groups is 1. The van der Waals surface area contributed by atoms with Crippen molar-refractivity contribution in [3.63, 3.8) is 0 Å². The van der Waals surface area contributed by atoms with Crippen molar-refractivity contribution in [2.24, 2.45) is 0 Å². The summed E-state index contributed by atoms with van der Waals surface area (Å²) >= 11 is 2.10. The lowest BCUT2D eigenvalue weighted by molar-refractivity contribution is 0.137. The number of nitrogens with one attached hydrogen (secondary N) is 1. The third-order valence-electron chi connectivity index (χ3n) is 4.09. The van der Waals surface area contributed by atoms with E-state index in [0.717, 1.165) is 23.1 Å². The van der Waals surface area contributed by atoms with E-state index in [1.165, 1.54) is 32.1 Å². The molecule has 1 fully saturated rings. The molecule has 0 spiro atoms. The van der Waals surface area contributed by atoms with Gasteiger partial charge in [-0.25, -0.2) is 0 Å². The van der Waals surface area contributed by atoms with E-state index in [1.54, 1.807) is 0 Å². The van der Waals surface area contributed by atoms with E-state index in [4.69, 9.17) is 0 Å². The maximum absolute atomic E-state index is 10.3. The highest BCUT2D eigenvalue weighted by Gasteiger charge is 2.16. The lowest BCUT2D eigenvalue weighted by Crippen LogP contribution is -2.34. The second-order valence-corrected chi connectivity index (χ2v) is 7.14. The summed E-state index contributed by atoms with van der Waals surface area (Å²) in [5, 5.41) is 14.6. The summed E-state index contributed by atoms with van der Waals surface area (Å²) in [4.78, 5) is 0. The largest absolute Gasteiger partial charge is 0.387 e. The lowest BCUT2D eigenvalue weighted by atomic mass is 10.0. The van der Waals surface area contributed by atoms with Crippen LogP contribution in [0.5, 0.6) is 0 Å². The molecule has 1 aromatic carbocycles. The Labute approximate surface area is 127 Å². The van der Waals surface area contributed by atoms with Crippen LogP contribution < -0.4 is 5.32 Å². The molecule has 2 rings (SSSR count). The molecule has 1 aliphatic carbocycles. The quantitative estimate of drug-likeness (QED) is 0.751. The van der Waals surface area contributed by atoms with Gasteiger partial charge in [-0.15, -0.1) is 0 Å². The van der Waals surface area contributed by atoms with Crippen molar-refractivity contribution in [2.75, 3.05) is 12.3 Å². The van der Waals surface area contributed by atoms with E-state index >= 15 is 0 Å². The van der Waals surface area contributed by atoms with Crippen LogP contribution in [0.1, 0.15) is 50.7 Å². The molecule has 1 aromatic rings. The fourth-order valence-electron chi connectivity index (χ4n) is 2.79. The van der Waals surface area contributed by atoms with Gasteiger partial charge in [0.1, 0.15) is 0 Å². The molecule has 112 valence electrons. The van der Waals surface area contributed by atoms with Crippen LogP contribution >= 0.6 is 11.8 Å². The van der Waals surface area contributed by atoms with Crippen molar-refractivity contribution in [1.82, 2.24) is 5.32 Å². The van der Waals surface area contributed by atoms with E-state index in [2.05, 4.69) is 24.0 Å². The van der Waals surface area contributed by atoms with E-state index in [1.807, 2.05) is 30.3 Å². The van der Waals surface area contributed by atoms with E-state index in [9.17, 15) is 5.11 Å². The first-order valence-corrected chi connectivity index (χ1v) is 8.90. The minimum absolute atomic E-state index is 0.101. The van der Waals surface area contributed by atoms with Gasteiger partial charge in [0, 0.05) is 23.6 Å². The fraction of sp³-hybridized carbons (Fsp3) is 0.647. The van der Waals surface area contributed by atoms with Gasteiger partial charge in [-0.2, -0.15) is 11.8 Å². The monoisotopic (exact) mass is 293 g/mol. The van der Waals surface area contributed by atoms with Crippen molar-refractivity contribution in [1.29, 1.82) is 0 Å². The Morgan fingerprint density at radius 1 is 1.20 bits per heavy atom. The molecule has 1 aliphatic rings. The molecular weight excluding hydrogens is 266 g/mol.